The molecule has 9 heteroatoms. The summed E-state index contributed by atoms with van der Waals surface area (Å²) >= 11 is 0. The van der Waals surface area contributed by atoms with Crippen LogP contribution in [0.3, 0.4) is 0 Å². The Kier molecular flexibility index (Phi) is 4.79. The van der Waals surface area contributed by atoms with Gasteiger partial charge in [-0.25, -0.2) is 8.42 Å². The molecular weight excluding hydrogens is 402 g/mol. The molecular formula is C21H23N5O3S. The van der Waals surface area contributed by atoms with Crippen LogP contribution in [0.15, 0.2) is 53.6 Å². The third-order valence-electron chi connectivity index (χ3n) is 5.95. The highest BCUT2D eigenvalue weighted by Gasteiger charge is 2.33. The Labute approximate surface area is 175 Å². The van der Waals surface area contributed by atoms with Gasteiger partial charge in [-0.3, -0.25) is 9.20 Å². The summed E-state index contributed by atoms with van der Waals surface area (Å²) in [6.45, 7) is 1.55. The van der Waals surface area contributed by atoms with E-state index in [4.69, 9.17) is 0 Å². The van der Waals surface area contributed by atoms with Crippen LogP contribution in [0.5, 0.6) is 0 Å². The lowest BCUT2D eigenvalue weighted by atomic mass is 9.99. The van der Waals surface area contributed by atoms with Gasteiger partial charge < -0.3 is 4.90 Å². The molecule has 0 spiro atoms. The molecule has 1 amide bonds. The molecule has 30 heavy (non-hydrogen) atoms. The summed E-state index contributed by atoms with van der Waals surface area (Å²) in [4.78, 5) is 13.9. The zero-order valence-corrected chi connectivity index (χ0v) is 17.3. The molecule has 0 radical (unpaired) electrons. The van der Waals surface area contributed by atoms with Crippen LogP contribution in [0.4, 0.5) is 5.69 Å². The number of hydrogen-bond acceptors (Lipinski definition) is 5. The summed E-state index contributed by atoms with van der Waals surface area (Å²) in [5, 5.41) is 8.53. The lowest BCUT2D eigenvalue weighted by Crippen LogP contribution is -2.39. The monoisotopic (exact) mass is 425 g/mol. The molecule has 2 aliphatic rings. The summed E-state index contributed by atoms with van der Waals surface area (Å²) in [5.41, 5.74) is 1.52. The predicted molar refractivity (Wildman–Crippen MR) is 112 cm³/mol. The maximum Gasteiger partial charge on any atom is 0.243 e. The number of carbonyl (C=O) groups excluding carboxylic acids is 1. The minimum absolute atomic E-state index is 0.00702. The van der Waals surface area contributed by atoms with Gasteiger partial charge in [0.15, 0.2) is 5.65 Å². The summed E-state index contributed by atoms with van der Waals surface area (Å²) < 4.78 is 30.0. The van der Waals surface area contributed by atoms with Crippen LogP contribution in [0.1, 0.15) is 37.4 Å². The van der Waals surface area contributed by atoms with Crippen molar-refractivity contribution in [2.75, 3.05) is 24.5 Å². The van der Waals surface area contributed by atoms with E-state index in [2.05, 4.69) is 10.2 Å². The smallest absolute Gasteiger partial charge is 0.243 e. The van der Waals surface area contributed by atoms with Crippen LogP contribution in [0, 0.1) is 0 Å². The molecule has 0 saturated carbocycles. The number of aromatic nitrogens is 3. The van der Waals surface area contributed by atoms with Crippen molar-refractivity contribution in [2.24, 2.45) is 0 Å². The number of fused-ring (bicyclic) bond motifs is 1. The normalized spacial score (nSPS) is 20.9. The molecule has 156 valence electrons. The van der Waals surface area contributed by atoms with Crippen molar-refractivity contribution in [3.8, 4) is 0 Å². The van der Waals surface area contributed by atoms with Gasteiger partial charge in [0.2, 0.25) is 15.9 Å². The molecule has 1 atom stereocenters. The molecule has 5 rings (SSSR count). The number of carbonyl (C=O) groups is 1. The molecule has 0 bridgehead atoms. The van der Waals surface area contributed by atoms with Crippen molar-refractivity contribution in [2.45, 2.75) is 36.5 Å². The highest BCUT2D eigenvalue weighted by Crippen LogP contribution is 2.30. The van der Waals surface area contributed by atoms with Gasteiger partial charge in [0.05, 0.1) is 4.90 Å². The third-order valence-corrected chi connectivity index (χ3v) is 7.83. The van der Waals surface area contributed by atoms with Gasteiger partial charge in [-0.1, -0.05) is 6.07 Å². The highest BCUT2D eigenvalue weighted by molar-refractivity contribution is 7.89. The van der Waals surface area contributed by atoms with Crippen LogP contribution in [-0.4, -0.2) is 52.9 Å². The Morgan fingerprint density at radius 2 is 1.80 bits per heavy atom. The first kappa shape index (κ1) is 19.2. The van der Waals surface area contributed by atoms with Crippen LogP contribution in [0.25, 0.3) is 5.65 Å². The van der Waals surface area contributed by atoms with Crippen molar-refractivity contribution in [1.82, 2.24) is 18.9 Å². The van der Waals surface area contributed by atoms with Crippen molar-refractivity contribution in [3.05, 3.63) is 54.5 Å². The second-order valence-electron chi connectivity index (χ2n) is 7.83. The van der Waals surface area contributed by atoms with Crippen molar-refractivity contribution >= 4 is 27.3 Å². The lowest BCUT2D eigenvalue weighted by molar-refractivity contribution is -0.117. The van der Waals surface area contributed by atoms with Crippen LogP contribution < -0.4 is 4.90 Å². The van der Waals surface area contributed by atoms with Gasteiger partial charge in [0, 0.05) is 43.9 Å². The molecule has 1 aromatic carbocycles. The van der Waals surface area contributed by atoms with E-state index >= 15 is 0 Å². The lowest BCUT2D eigenvalue weighted by Gasteiger charge is -2.31. The quantitative estimate of drug-likeness (QED) is 0.641. The molecule has 0 aliphatic carbocycles. The van der Waals surface area contributed by atoms with Crippen molar-refractivity contribution < 1.29 is 13.2 Å². The van der Waals surface area contributed by atoms with E-state index in [1.165, 1.54) is 0 Å². The Morgan fingerprint density at radius 1 is 0.967 bits per heavy atom. The zero-order valence-electron chi connectivity index (χ0n) is 16.5. The number of sulfonamides is 1. The fourth-order valence-corrected chi connectivity index (χ4v) is 5.90. The average molecular weight is 426 g/mol. The SMILES string of the molecule is O=C1CCCN1c1ccc(S(=O)(=O)N2CCC[C@H](c3nnc4ccccn34)C2)cc1. The second-order valence-corrected chi connectivity index (χ2v) is 9.77. The van der Waals surface area contributed by atoms with E-state index in [1.807, 2.05) is 28.8 Å². The fraction of sp³-hybridized carbons (Fsp3) is 0.381. The van der Waals surface area contributed by atoms with E-state index in [9.17, 15) is 13.2 Å². The fourth-order valence-electron chi connectivity index (χ4n) is 4.38. The van der Waals surface area contributed by atoms with Gasteiger partial charge in [0.1, 0.15) is 5.82 Å². The molecule has 0 unspecified atom stereocenters. The standard InChI is InChI=1S/C21H23N5O3S/c27-20-7-4-14-25(20)17-8-10-18(11-9-17)30(28,29)24-12-3-5-16(15-24)21-23-22-19-6-1-2-13-26(19)21/h1-2,6,8-11,13,16H,3-5,7,12,14-15H2/t16-/m0/s1. The van der Waals surface area contributed by atoms with Gasteiger partial charge in [-0.15, -0.1) is 10.2 Å². The van der Waals surface area contributed by atoms with Gasteiger partial charge in [-0.05, 0) is 55.7 Å². The number of benzene rings is 1. The largest absolute Gasteiger partial charge is 0.312 e. The molecule has 8 nitrogen and oxygen atoms in total. The van der Waals surface area contributed by atoms with Crippen molar-refractivity contribution in [3.63, 3.8) is 0 Å². The summed E-state index contributed by atoms with van der Waals surface area (Å²) in [5.74, 6) is 0.880. The van der Waals surface area contributed by atoms with Crippen LogP contribution >= 0.6 is 0 Å². The summed E-state index contributed by atoms with van der Waals surface area (Å²) in [7, 11) is -3.62. The highest BCUT2D eigenvalue weighted by atomic mass is 32.2. The van der Waals surface area contributed by atoms with Crippen LogP contribution in [0.2, 0.25) is 0 Å². The van der Waals surface area contributed by atoms with E-state index in [0.29, 0.717) is 26.1 Å². The number of nitrogens with zero attached hydrogens (tertiary/aromatic N) is 5. The minimum Gasteiger partial charge on any atom is -0.312 e. The zero-order chi connectivity index (χ0) is 20.7. The van der Waals surface area contributed by atoms with Gasteiger partial charge in [-0.2, -0.15) is 4.31 Å². The Balaban J connectivity index is 1.38. The molecule has 2 aliphatic heterocycles. The number of piperidine rings is 1. The predicted octanol–water partition coefficient (Wildman–Crippen LogP) is 2.42. The van der Waals surface area contributed by atoms with E-state index in [-0.39, 0.29) is 16.7 Å². The Morgan fingerprint density at radius 3 is 2.57 bits per heavy atom. The number of amides is 1. The number of hydrogen-bond donors (Lipinski definition) is 0. The first-order valence-corrected chi connectivity index (χ1v) is 11.7. The Bertz CT molecular complexity index is 1190. The first-order valence-electron chi connectivity index (χ1n) is 10.2. The van der Waals surface area contributed by atoms with E-state index < -0.39 is 10.0 Å². The number of anilines is 1. The molecule has 2 saturated heterocycles. The minimum atomic E-state index is -3.62. The molecule has 2 fully saturated rings. The molecule has 0 N–H and O–H groups in total. The van der Waals surface area contributed by atoms with Gasteiger partial charge in [0.25, 0.3) is 0 Å². The second kappa shape index (κ2) is 7.48. The topological polar surface area (TPSA) is 87.9 Å². The molecule has 3 aromatic rings. The molecule has 2 aromatic heterocycles. The average Bonchev–Trinajstić information content (AvgIpc) is 3.40. The first-order chi connectivity index (χ1) is 14.5. The maximum atomic E-state index is 13.3. The number of rotatable bonds is 4. The summed E-state index contributed by atoms with van der Waals surface area (Å²) in [6, 6.07) is 12.4. The molecule has 4 heterocycles. The van der Waals surface area contributed by atoms with E-state index in [0.717, 1.165) is 36.4 Å². The van der Waals surface area contributed by atoms with E-state index in [1.54, 1.807) is 33.5 Å². The maximum absolute atomic E-state index is 13.3. The van der Waals surface area contributed by atoms with Crippen LogP contribution in [-0.2, 0) is 14.8 Å². The third kappa shape index (κ3) is 3.27. The van der Waals surface area contributed by atoms with Gasteiger partial charge >= 0.3 is 0 Å². The number of pyridine rings is 1. The Hall–Kier alpha value is -2.78. The van der Waals surface area contributed by atoms with Crippen molar-refractivity contribution in [1.29, 1.82) is 0 Å². The summed E-state index contributed by atoms with van der Waals surface area (Å²) in [6.07, 6.45) is 4.94.